The zero-order valence-corrected chi connectivity index (χ0v) is 10.0. The Morgan fingerprint density at radius 3 is 2.63 bits per heavy atom. The summed E-state index contributed by atoms with van der Waals surface area (Å²) in [7, 11) is 0. The van der Waals surface area contributed by atoms with Gasteiger partial charge in [0.15, 0.2) is 0 Å². The number of aliphatic hydroxyl groups is 1. The molecule has 98 valence electrons. The minimum Gasteiger partial charge on any atom is -0.485 e. The van der Waals surface area contributed by atoms with E-state index in [2.05, 4.69) is 0 Å². The SMILES string of the molecule is O[C@@H]1CC(c2cccc(F)c2)Oc2cc(F)ccc21. The molecule has 2 aromatic carbocycles. The van der Waals surface area contributed by atoms with Crippen LogP contribution in [0.3, 0.4) is 0 Å². The largest absolute Gasteiger partial charge is 0.485 e. The first kappa shape index (κ1) is 12.1. The quantitative estimate of drug-likeness (QED) is 0.852. The monoisotopic (exact) mass is 262 g/mol. The Bertz CT molecular complexity index is 613. The second-order valence-electron chi connectivity index (χ2n) is 4.60. The van der Waals surface area contributed by atoms with Crippen LogP contribution in [0.15, 0.2) is 42.5 Å². The lowest BCUT2D eigenvalue weighted by molar-refractivity contribution is 0.0652. The Hall–Kier alpha value is -1.94. The van der Waals surface area contributed by atoms with E-state index in [4.69, 9.17) is 4.74 Å². The number of hydrogen-bond donors (Lipinski definition) is 1. The van der Waals surface area contributed by atoms with Crippen LogP contribution in [0.25, 0.3) is 0 Å². The van der Waals surface area contributed by atoms with Gasteiger partial charge in [-0.05, 0) is 29.8 Å². The smallest absolute Gasteiger partial charge is 0.128 e. The van der Waals surface area contributed by atoms with Crippen LogP contribution in [0.1, 0.15) is 29.8 Å². The summed E-state index contributed by atoms with van der Waals surface area (Å²) in [6.07, 6.45) is -0.889. The van der Waals surface area contributed by atoms with E-state index in [1.807, 2.05) is 0 Å². The van der Waals surface area contributed by atoms with Gasteiger partial charge in [-0.1, -0.05) is 12.1 Å². The molecule has 2 nitrogen and oxygen atoms in total. The number of halogens is 2. The van der Waals surface area contributed by atoms with Crippen molar-refractivity contribution < 1.29 is 18.6 Å². The van der Waals surface area contributed by atoms with Gasteiger partial charge >= 0.3 is 0 Å². The molecule has 1 unspecified atom stereocenters. The van der Waals surface area contributed by atoms with E-state index in [1.54, 1.807) is 12.1 Å². The summed E-state index contributed by atoms with van der Waals surface area (Å²) < 4.78 is 32.1. The van der Waals surface area contributed by atoms with Gasteiger partial charge in [0.25, 0.3) is 0 Å². The van der Waals surface area contributed by atoms with E-state index in [0.29, 0.717) is 23.3 Å². The number of hydrogen-bond acceptors (Lipinski definition) is 2. The van der Waals surface area contributed by atoms with Crippen molar-refractivity contribution in [3.63, 3.8) is 0 Å². The Morgan fingerprint density at radius 2 is 1.84 bits per heavy atom. The van der Waals surface area contributed by atoms with E-state index in [9.17, 15) is 13.9 Å². The van der Waals surface area contributed by atoms with Crippen molar-refractivity contribution >= 4 is 0 Å². The van der Waals surface area contributed by atoms with E-state index in [0.717, 1.165) is 0 Å². The summed E-state index contributed by atoms with van der Waals surface area (Å²) >= 11 is 0. The predicted octanol–water partition coefficient (Wildman–Crippen LogP) is 3.52. The molecule has 0 aliphatic carbocycles. The molecule has 0 fully saturated rings. The number of rotatable bonds is 1. The molecule has 0 bridgehead atoms. The fourth-order valence-electron chi connectivity index (χ4n) is 2.33. The van der Waals surface area contributed by atoms with Crippen LogP contribution < -0.4 is 4.74 Å². The molecule has 2 aromatic rings. The van der Waals surface area contributed by atoms with Crippen LogP contribution in [0.5, 0.6) is 5.75 Å². The lowest BCUT2D eigenvalue weighted by Crippen LogP contribution is -2.19. The van der Waals surface area contributed by atoms with Crippen molar-refractivity contribution in [2.24, 2.45) is 0 Å². The van der Waals surface area contributed by atoms with Gasteiger partial charge in [0, 0.05) is 18.1 Å². The highest BCUT2D eigenvalue weighted by Crippen LogP contribution is 2.40. The molecular formula is C15H12F2O2. The van der Waals surface area contributed by atoms with E-state index in [-0.39, 0.29) is 5.82 Å². The average Bonchev–Trinajstić information content (AvgIpc) is 2.38. The molecule has 0 spiro atoms. The molecular weight excluding hydrogens is 250 g/mol. The van der Waals surface area contributed by atoms with Crippen LogP contribution in [-0.4, -0.2) is 5.11 Å². The van der Waals surface area contributed by atoms with E-state index >= 15 is 0 Å². The van der Waals surface area contributed by atoms with Gasteiger partial charge in [-0.2, -0.15) is 0 Å². The molecule has 0 saturated heterocycles. The molecule has 1 N–H and O–H groups in total. The van der Waals surface area contributed by atoms with Gasteiger partial charge in [-0.25, -0.2) is 8.78 Å². The Labute approximate surface area is 109 Å². The molecule has 19 heavy (non-hydrogen) atoms. The van der Waals surface area contributed by atoms with Crippen LogP contribution >= 0.6 is 0 Å². The Balaban J connectivity index is 1.96. The Kier molecular flexibility index (Phi) is 2.95. The maximum atomic E-state index is 13.2. The maximum absolute atomic E-state index is 13.2. The fraction of sp³-hybridized carbons (Fsp3) is 0.200. The van der Waals surface area contributed by atoms with Crippen molar-refractivity contribution in [3.8, 4) is 5.75 Å². The highest BCUT2D eigenvalue weighted by Gasteiger charge is 2.28. The first-order valence-electron chi connectivity index (χ1n) is 6.03. The summed E-state index contributed by atoms with van der Waals surface area (Å²) in [5.41, 5.74) is 1.20. The zero-order chi connectivity index (χ0) is 13.4. The molecule has 0 aromatic heterocycles. The molecule has 1 aliphatic rings. The topological polar surface area (TPSA) is 29.5 Å². The molecule has 1 heterocycles. The number of fused-ring (bicyclic) bond motifs is 1. The van der Waals surface area contributed by atoms with Crippen LogP contribution in [0.4, 0.5) is 8.78 Å². The van der Waals surface area contributed by atoms with Crippen LogP contribution in [0.2, 0.25) is 0 Å². The fourth-order valence-corrected chi connectivity index (χ4v) is 2.33. The highest BCUT2D eigenvalue weighted by molar-refractivity contribution is 5.39. The van der Waals surface area contributed by atoms with Crippen molar-refractivity contribution in [1.82, 2.24) is 0 Å². The van der Waals surface area contributed by atoms with Gasteiger partial charge < -0.3 is 9.84 Å². The number of ether oxygens (including phenoxy) is 1. The lowest BCUT2D eigenvalue weighted by atomic mass is 9.95. The second kappa shape index (κ2) is 4.63. The van der Waals surface area contributed by atoms with E-state index < -0.39 is 18.0 Å². The normalized spacial score (nSPS) is 21.6. The summed E-state index contributed by atoms with van der Waals surface area (Å²) in [6.45, 7) is 0. The van der Waals surface area contributed by atoms with Gasteiger partial charge in [-0.15, -0.1) is 0 Å². The van der Waals surface area contributed by atoms with Gasteiger partial charge in [0.2, 0.25) is 0 Å². The highest BCUT2D eigenvalue weighted by atomic mass is 19.1. The molecule has 3 rings (SSSR count). The minimum absolute atomic E-state index is 0.313. The average molecular weight is 262 g/mol. The first-order chi connectivity index (χ1) is 9.13. The third kappa shape index (κ3) is 2.31. The zero-order valence-electron chi connectivity index (χ0n) is 10.0. The number of benzene rings is 2. The molecule has 0 saturated carbocycles. The van der Waals surface area contributed by atoms with Crippen molar-refractivity contribution in [2.45, 2.75) is 18.6 Å². The third-order valence-electron chi connectivity index (χ3n) is 3.26. The molecule has 0 amide bonds. The maximum Gasteiger partial charge on any atom is 0.128 e. The standard InChI is InChI=1S/C15H12F2O2/c16-10-3-1-2-9(6-10)14-8-13(18)12-5-4-11(17)7-15(12)19-14/h1-7,13-14,18H,8H2/t13-,14?/m1/s1. The molecule has 2 atom stereocenters. The Morgan fingerprint density at radius 1 is 1.05 bits per heavy atom. The van der Waals surface area contributed by atoms with Gasteiger partial charge in [0.05, 0.1) is 6.10 Å². The van der Waals surface area contributed by atoms with Crippen molar-refractivity contribution in [3.05, 3.63) is 65.2 Å². The second-order valence-corrected chi connectivity index (χ2v) is 4.60. The van der Waals surface area contributed by atoms with Crippen molar-refractivity contribution in [1.29, 1.82) is 0 Å². The summed E-state index contributed by atoms with van der Waals surface area (Å²) in [6, 6.07) is 10.1. The van der Waals surface area contributed by atoms with Gasteiger partial charge in [0.1, 0.15) is 23.5 Å². The van der Waals surface area contributed by atoms with E-state index in [1.165, 1.54) is 30.3 Å². The summed E-state index contributed by atoms with van der Waals surface area (Å²) in [5.74, 6) is -0.473. The third-order valence-corrected chi connectivity index (χ3v) is 3.26. The molecule has 1 aliphatic heterocycles. The summed E-state index contributed by atoms with van der Waals surface area (Å²) in [4.78, 5) is 0. The summed E-state index contributed by atoms with van der Waals surface area (Å²) in [5, 5.41) is 10.1. The predicted molar refractivity (Wildman–Crippen MR) is 65.7 cm³/mol. The van der Waals surface area contributed by atoms with Crippen LogP contribution in [0, 0.1) is 11.6 Å². The lowest BCUT2D eigenvalue weighted by Gasteiger charge is -2.29. The first-order valence-corrected chi connectivity index (χ1v) is 6.03. The van der Waals surface area contributed by atoms with Crippen molar-refractivity contribution in [2.75, 3.05) is 0 Å². The molecule has 0 radical (unpaired) electrons. The molecule has 4 heteroatoms. The van der Waals surface area contributed by atoms with Crippen LogP contribution in [-0.2, 0) is 0 Å². The minimum atomic E-state index is -0.738. The van der Waals surface area contributed by atoms with Gasteiger partial charge in [-0.3, -0.25) is 0 Å². The number of aliphatic hydroxyl groups excluding tert-OH is 1.